The van der Waals surface area contributed by atoms with E-state index in [1.807, 2.05) is 13.8 Å². The van der Waals surface area contributed by atoms with E-state index in [2.05, 4.69) is 10.5 Å². The number of nitrogens with zero attached hydrogens (tertiary/aromatic N) is 1. The second-order valence-electron chi connectivity index (χ2n) is 4.85. The first-order chi connectivity index (χ1) is 10.1. The van der Waals surface area contributed by atoms with Gasteiger partial charge in [-0.1, -0.05) is 5.16 Å². The van der Waals surface area contributed by atoms with E-state index < -0.39 is 0 Å². The van der Waals surface area contributed by atoms with Crippen LogP contribution >= 0.6 is 0 Å². The lowest BCUT2D eigenvalue weighted by Crippen LogP contribution is -2.24. The van der Waals surface area contributed by atoms with Crippen molar-refractivity contribution in [2.75, 3.05) is 20.3 Å². The fourth-order valence-electron chi connectivity index (χ4n) is 2.03. The minimum atomic E-state index is -0.212. The fourth-order valence-corrected chi connectivity index (χ4v) is 2.03. The molecular weight excluding hydrogens is 272 g/mol. The molecule has 1 N–H and O–H groups in total. The van der Waals surface area contributed by atoms with Crippen LogP contribution in [0, 0.1) is 13.8 Å². The molecule has 2 aromatic rings. The normalized spacial score (nSPS) is 10.8. The Balaban J connectivity index is 1.93. The molecule has 2 rings (SSSR count). The van der Waals surface area contributed by atoms with Crippen molar-refractivity contribution in [1.29, 1.82) is 0 Å². The molecule has 6 heteroatoms. The molecule has 114 valence electrons. The average molecular weight is 292 g/mol. The molecular formula is C15H20N2O4. The van der Waals surface area contributed by atoms with Gasteiger partial charge in [0.15, 0.2) is 5.76 Å². The molecule has 2 heterocycles. The van der Waals surface area contributed by atoms with Gasteiger partial charge < -0.3 is 19.0 Å². The zero-order valence-corrected chi connectivity index (χ0v) is 12.6. The first-order valence-electron chi connectivity index (χ1n) is 6.89. The number of amides is 1. The third-order valence-corrected chi connectivity index (χ3v) is 3.23. The Hall–Kier alpha value is -2.08. The molecule has 0 aliphatic rings. The smallest absolute Gasteiger partial charge is 0.286 e. The first-order valence-corrected chi connectivity index (χ1v) is 6.89. The van der Waals surface area contributed by atoms with Gasteiger partial charge in [0.25, 0.3) is 5.91 Å². The van der Waals surface area contributed by atoms with Crippen LogP contribution in [-0.2, 0) is 11.2 Å². The number of furan rings is 1. The molecule has 21 heavy (non-hydrogen) atoms. The summed E-state index contributed by atoms with van der Waals surface area (Å²) >= 11 is 0. The third kappa shape index (κ3) is 3.95. The van der Waals surface area contributed by atoms with Crippen molar-refractivity contribution in [3.63, 3.8) is 0 Å². The van der Waals surface area contributed by atoms with E-state index in [1.165, 1.54) is 0 Å². The summed E-state index contributed by atoms with van der Waals surface area (Å²) in [5, 5.41) is 6.69. The number of rotatable bonds is 7. The minimum absolute atomic E-state index is 0.212. The topological polar surface area (TPSA) is 77.5 Å². The van der Waals surface area contributed by atoms with E-state index in [1.54, 1.807) is 19.2 Å². The van der Waals surface area contributed by atoms with Crippen LogP contribution in [0.5, 0.6) is 0 Å². The lowest BCUT2D eigenvalue weighted by Gasteiger charge is -2.02. The molecule has 0 aliphatic carbocycles. The Labute approximate surface area is 123 Å². The molecule has 0 radical (unpaired) electrons. The maximum atomic E-state index is 11.9. The number of aryl methyl sites for hydroxylation is 2. The van der Waals surface area contributed by atoms with E-state index in [0.717, 1.165) is 23.4 Å². The van der Waals surface area contributed by atoms with Crippen LogP contribution in [0.1, 0.15) is 39.8 Å². The fraction of sp³-hybridized carbons (Fsp3) is 0.467. The number of nitrogens with one attached hydrogen (secondary N) is 1. The minimum Gasteiger partial charge on any atom is -0.456 e. The summed E-state index contributed by atoms with van der Waals surface area (Å²) in [6.45, 7) is 4.93. The van der Waals surface area contributed by atoms with E-state index in [0.29, 0.717) is 31.1 Å². The lowest BCUT2D eigenvalue weighted by molar-refractivity contribution is 0.0919. The molecule has 1 amide bonds. The zero-order valence-electron chi connectivity index (χ0n) is 12.6. The standard InChI is InChI=1S/C15H20N2O4/c1-10-13(11(2)21-17-10)9-12-5-6-14(20-12)15(18)16-7-4-8-19-3/h5-6H,4,7-9H2,1-3H3,(H,16,18). The van der Waals surface area contributed by atoms with Gasteiger partial charge in [-0.2, -0.15) is 0 Å². The molecule has 0 aromatic carbocycles. The highest BCUT2D eigenvalue weighted by Crippen LogP contribution is 2.19. The highest BCUT2D eigenvalue weighted by atomic mass is 16.5. The number of methoxy groups -OCH3 is 1. The van der Waals surface area contributed by atoms with Crippen LogP contribution in [0.2, 0.25) is 0 Å². The molecule has 0 saturated carbocycles. The molecule has 6 nitrogen and oxygen atoms in total. The SMILES string of the molecule is COCCCNC(=O)c1ccc(Cc2c(C)noc2C)o1. The summed E-state index contributed by atoms with van der Waals surface area (Å²) in [4.78, 5) is 11.9. The molecule has 0 fully saturated rings. The van der Waals surface area contributed by atoms with Crippen molar-refractivity contribution < 1.29 is 18.5 Å². The Morgan fingerprint density at radius 1 is 1.38 bits per heavy atom. The molecule has 0 unspecified atom stereocenters. The van der Waals surface area contributed by atoms with Gasteiger partial charge >= 0.3 is 0 Å². The van der Waals surface area contributed by atoms with E-state index in [9.17, 15) is 4.79 Å². The third-order valence-electron chi connectivity index (χ3n) is 3.23. The number of ether oxygens (including phenoxy) is 1. The highest BCUT2D eigenvalue weighted by Gasteiger charge is 2.14. The molecule has 0 spiro atoms. The first kappa shape index (κ1) is 15.3. The summed E-state index contributed by atoms with van der Waals surface area (Å²) in [5.41, 5.74) is 1.84. The van der Waals surface area contributed by atoms with Gasteiger partial charge in [-0.3, -0.25) is 4.79 Å². The van der Waals surface area contributed by atoms with Crippen LogP contribution < -0.4 is 5.32 Å². The maximum Gasteiger partial charge on any atom is 0.286 e. The summed E-state index contributed by atoms with van der Waals surface area (Å²) in [5.74, 6) is 1.59. The number of aromatic nitrogens is 1. The maximum absolute atomic E-state index is 11.9. The predicted molar refractivity (Wildman–Crippen MR) is 76.3 cm³/mol. The van der Waals surface area contributed by atoms with E-state index in [4.69, 9.17) is 13.7 Å². The van der Waals surface area contributed by atoms with Crippen LogP contribution in [0.3, 0.4) is 0 Å². The van der Waals surface area contributed by atoms with Crippen molar-refractivity contribution >= 4 is 5.91 Å². The Bertz CT molecular complexity index is 581. The van der Waals surface area contributed by atoms with E-state index in [-0.39, 0.29) is 5.91 Å². The van der Waals surface area contributed by atoms with Gasteiger partial charge in [0.1, 0.15) is 11.5 Å². The summed E-state index contributed by atoms with van der Waals surface area (Å²) in [7, 11) is 1.63. The van der Waals surface area contributed by atoms with Gasteiger partial charge in [-0.15, -0.1) is 0 Å². The molecule has 0 bridgehead atoms. The van der Waals surface area contributed by atoms with Crippen molar-refractivity contribution in [2.45, 2.75) is 26.7 Å². The van der Waals surface area contributed by atoms with Crippen LogP contribution in [0.15, 0.2) is 21.1 Å². The lowest BCUT2D eigenvalue weighted by atomic mass is 10.1. The van der Waals surface area contributed by atoms with Crippen LogP contribution in [0.25, 0.3) is 0 Å². The van der Waals surface area contributed by atoms with Crippen molar-refractivity contribution in [3.05, 3.63) is 40.7 Å². The Kier molecular flexibility index (Phi) is 5.16. The van der Waals surface area contributed by atoms with Crippen molar-refractivity contribution in [1.82, 2.24) is 10.5 Å². The summed E-state index contributed by atoms with van der Waals surface area (Å²) in [6.07, 6.45) is 1.34. The largest absolute Gasteiger partial charge is 0.456 e. The summed E-state index contributed by atoms with van der Waals surface area (Å²) < 4.78 is 15.6. The monoisotopic (exact) mass is 292 g/mol. The quantitative estimate of drug-likeness (QED) is 0.792. The van der Waals surface area contributed by atoms with Gasteiger partial charge in [-0.25, -0.2) is 0 Å². The van der Waals surface area contributed by atoms with E-state index >= 15 is 0 Å². The number of carbonyl (C=O) groups is 1. The number of hydrogen-bond donors (Lipinski definition) is 1. The summed E-state index contributed by atoms with van der Waals surface area (Å²) in [6, 6.07) is 3.48. The van der Waals surface area contributed by atoms with Crippen molar-refractivity contribution in [3.8, 4) is 0 Å². The van der Waals surface area contributed by atoms with Gasteiger partial charge in [0.2, 0.25) is 0 Å². The zero-order chi connectivity index (χ0) is 15.2. The van der Waals surface area contributed by atoms with Gasteiger partial charge in [-0.05, 0) is 32.4 Å². The Morgan fingerprint density at radius 2 is 2.19 bits per heavy atom. The van der Waals surface area contributed by atoms with Gasteiger partial charge in [0.05, 0.1) is 5.69 Å². The average Bonchev–Trinajstić information content (AvgIpc) is 3.06. The van der Waals surface area contributed by atoms with Crippen molar-refractivity contribution in [2.24, 2.45) is 0 Å². The van der Waals surface area contributed by atoms with Gasteiger partial charge in [0, 0.05) is 32.2 Å². The molecule has 2 aromatic heterocycles. The molecule has 0 aliphatic heterocycles. The van der Waals surface area contributed by atoms with Crippen LogP contribution in [0.4, 0.5) is 0 Å². The number of carbonyl (C=O) groups excluding carboxylic acids is 1. The Morgan fingerprint density at radius 3 is 2.86 bits per heavy atom. The molecule has 0 atom stereocenters. The second kappa shape index (κ2) is 7.08. The predicted octanol–water partition coefficient (Wildman–Crippen LogP) is 2.24. The molecule has 0 saturated heterocycles. The van der Waals surface area contributed by atoms with Crippen LogP contribution in [-0.4, -0.2) is 31.3 Å². The second-order valence-corrected chi connectivity index (χ2v) is 4.85. The highest BCUT2D eigenvalue weighted by molar-refractivity contribution is 5.91. The number of hydrogen-bond acceptors (Lipinski definition) is 5.